The highest BCUT2D eigenvalue weighted by Gasteiger charge is 2.19. The fraction of sp³-hybridized carbons (Fsp3) is 0.692. The molecule has 0 aliphatic heterocycles. The van der Waals surface area contributed by atoms with Crippen molar-refractivity contribution in [2.75, 3.05) is 17.3 Å². The molecule has 0 fully saturated rings. The summed E-state index contributed by atoms with van der Waals surface area (Å²) in [5.74, 6) is 1.13. The minimum Gasteiger partial charge on any atom is -0.356 e. The van der Waals surface area contributed by atoms with E-state index in [1.54, 1.807) is 6.33 Å². The number of aryl methyl sites for hydroxylation is 1. The summed E-state index contributed by atoms with van der Waals surface area (Å²) >= 11 is 3.54. The Bertz CT molecular complexity index is 381. The zero-order valence-electron chi connectivity index (χ0n) is 10.6. The van der Waals surface area contributed by atoms with Crippen LogP contribution in [0.2, 0.25) is 0 Å². The minimum atomic E-state index is 0.456. The molecule has 1 heterocycles. The SMILES string of the molecule is CC(CBr)N(C)c1ncnc2c1CCCCC2. The van der Waals surface area contributed by atoms with Crippen LogP contribution < -0.4 is 4.90 Å². The van der Waals surface area contributed by atoms with E-state index in [0.29, 0.717) is 6.04 Å². The van der Waals surface area contributed by atoms with Gasteiger partial charge in [-0.05, 0) is 32.6 Å². The standard InChI is InChI=1S/C13H20BrN3/c1-10(8-14)17(2)13-11-6-4-3-5-7-12(11)15-9-16-13/h9-10H,3-8H2,1-2H3. The number of rotatable bonds is 3. The molecule has 1 aliphatic carbocycles. The molecule has 0 N–H and O–H groups in total. The molecule has 1 aromatic heterocycles. The Labute approximate surface area is 112 Å². The maximum absolute atomic E-state index is 4.50. The van der Waals surface area contributed by atoms with E-state index in [1.165, 1.54) is 30.5 Å². The van der Waals surface area contributed by atoms with Crippen molar-refractivity contribution in [3.8, 4) is 0 Å². The van der Waals surface area contributed by atoms with E-state index in [2.05, 4.69) is 44.8 Å². The summed E-state index contributed by atoms with van der Waals surface area (Å²) in [6.07, 6.45) is 7.81. The molecule has 0 aromatic carbocycles. The predicted molar refractivity (Wildman–Crippen MR) is 75.0 cm³/mol. The molecule has 3 nitrogen and oxygen atoms in total. The van der Waals surface area contributed by atoms with Crippen LogP contribution in [-0.2, 0) is 12.8 Å². The second kappa shape index (κ2) is 5.80. The molecule has 94 valence electrons. The molecule has 2 rings (SSSR count). The second-order valence-electron chi connectivity index (χ2n) is 4.80. The Morgan fingerprint density at radius 3 is 2.82 bits per heavy atom. The van der Waals surface area contributed by atoms with Gasteiger partial charge in [-0.2, -0.15) is 0 Å². The van der Waals surface area contributed by atoms with Gasteiger partial charge in [0.25, 0.3) is 0 Å². The molecule has 1 aliphatic rings. The molecule has 0 saturated heterocycles. The van der Waals surface area contributed by atoms with Gasteiger partial charge in [0.2, 0.25) is 0 Å². The molecular weight excluding hydrogens is 278 g/mol. The normalized spacial score (nSPS) is 17.1. The van der Waals surface area contributed by atoms with E-state index in [9.17, 15) is 0 Å². The van der Waals surface area contributed by atoms with Gasteiger partial charge in [-0.3, -0.25) is 0 Å². The summed E-state index contributed by atoms with van der Waals surface area (Å²) in [5, 5.41) is 0.961. The number of halogens is 1. The van der Waals surface area contributed by atoms with Gasteiger partial charge < -0.3 is 4.90 Å². The molecule has 0 radical (unpaired) electrons. The van der Waals surface area contributed by atoms with Crippen molar-refractivity contribution in [1.82, 2.24) is 9.97 Å². The topological polar surface area (TPSA) is 29.0 Å². The van der Waals surface area contributed by atoms with Crippen molar-refractivity contribution < 1.29 is 0 Å². The minimum absolute atomic E-state index is 0.456. The average molecular weight is 298 g/mol. The van der Waals surface area contributed by atoms with Crippen molar-refractivity contribution in [1.29, 1.82) is 0 Å². The maximum Gasteiger partial charge on any atom is 0.135 e. The van der Waals surface area contributed by atoms with Crippen molar-refractivity contribution in [2.45, 2.75) is 45.1 Å². The second-order valence-corrected chi connectivity index (χ2v) is 5.44. The Morgan fingerprint density at radius 1 is 1.29 bits per heavy atom. The van der Waals surface area contributed by atoms with Crippen molar-refractivity contribution in [3.05, 3.63) is 17.6 Å². The van der Waals surface area contributed by atoms with E-state index >= 15 is 0 Å². The third-order valence-corrected chi connectivity index (χ3v) is 4.51. The van der Waals surface area contributed by atoms with Crippen LogP contribution in [0.15, 0.2) is 6.33 Å². The largest absolute Gasteiger partial charge is 0.356 e. The van der Waals surface area contributed by atoms with E-state index in [1.807, 2.05) is 0 Å². The summed E-state index contributed by atoms with van der Waals surface area (Å²) < 4.78 is 0. The Hall–Kier alpha value is -0.640. The molecule has 1 unspecified atom stereocenters. The maximum atomic E-state index is 4.50. The van der Waals surface area contributed by atoms with Gasteiger partial charge in [-0.1, -0.05) is 22.4 Å². The van der Waals surface area contributed by atoms with Gasteiger partial charge >= 0.3 is 0 Å². The highest BCUT2D eigenvalue weighted by molar-refractivity contribution is 9.09. The lowest BCUT2D eigenvalue weighted by atomic mass is 10.1. The monoisotopic (exact) mass is 297 g/mol. The van der Waals surface area contributed by atoms with Gasteiger partial charge in [0.15, 0.2) is 0 Å². The molecule has 0 spiro atoms. The molecule has 4 heteroatoms. The fourth-order valence-electron chi connectivity index (χ4n) is 2.30. The Balaban J connectivity index is 2.34. The zero-order valence-corrected chi connectivity index (χ0v) is 12.2. The van der Waals surface area contributed by atoms with Crippen LogP contribution in [0.3, 0.4) is 0 Å². The molecule has 1 aromatic rings. The molecule has 0 amide bonds. The fourth-order valence-corrected chi connectivity index (χ4v) is 2.73. The quantitative estimate of drug-likeness (QED) is 0.634. The highest BCUT2D eigenvalue weighted by Crippen LogP contribution is 2.26. The third-order valence-electron chi connectivity index (χ3n) is 3.57. The number of hydrogen-bond acceptors (Lipinski definition) is 3. The molecule has 0 saturated carbocycles. The summed E-state index contributed by atoms with van der Waals surface area (Å²) in [6, 6.07) is 0.456. The van der Waals surface area contributed by atoms with Crippen molar-refractivity contribution in [3.63, 3.8) is 0 Å². The van der Waals surface area contributed by atoms with Gasteiger partial charge in [0.1, 0.15) is 12.1 Å². The van der Waals surface area contributed by atoms with Crippen LogP contribution in [-0.4, -0.2) is 28.4 Å². The molecular formula is C13H20BrN3. The molecule has 1 atom stereocenters. The van der Waals surface area contributed by atoms with E-state index in [-0.39, 0.29) is 0 Å². The third kappa shape index (κ3) is 2.79. The number of nitrogens with zero attached hydrogens (tertiary/aromatic N) is 3. The van der Waals surface area contributed by atoms with Gasteiger partial charge in [0.05, 0.1) is 0 Å². The first-order valence-corrected chi connectivity index (χ1v) is 7.47. The summed E-state index contributed by atoms with van der Waals surface area (Å²) in [6.45, 7) is 2.21. The number of aromatic nitrogens is 2. The Morgan fingerprint density at radius 2 is 2.06 bits per heavy atom. The van der Waals surface area contributed by atoms with Crippen LogP contribution in [0.1, 0.15) is 37.4 Å². The highest BCUT2D eigenvalue weighted by atomic mass is 79.9. The first kappa shape index (κ1) is 12.8. The number of hydrogen-bond donors (Lipinski definition) is 0. The van der Waals surface area contributed by atoms with E-state index in [0.717, 1.165) is 24.0 Å². The predicted octanol–water partition coefficient (Wildman–Crippen LogP) is 2.97. The summed E-state index contributed by atoms with van der Waals surface area (Å²) in [7, 11) is 2.12. The van der Waals surface area contributed by atoms with Crippen LogP contribution in [0.5, 0.6) is 0 Å². The van der Waals surface area contributed by atoms with Crippen LogP contribution in [0.25, 0.3) is 0 Å². The van der Waals surface area contributed by atoms with Crippen LogP contribution in [0.4, 0.5) is 5.82 Å². The van der Waals surface area contributed by atoms with Crippen LogP contribution in [0, 0.1) is 0 Å². The average Bonchev–Trinajstić information content (AvgIpc) is 2.61. The van der Waals surface area contributed by atoms with Crippen LogP contribution >= 0.6 is 15.9 Å². The van der Waals surface area contributed by atoms with E-state index in [4.69, 9.17) is 0 Å². The summed E-state index contributed by atoms with van der Waals surface area (Å²) in [4.78, 5) is 11.2. The molecule has 0 bridgehead atoms. The number of fused-ring (bicyclic) bond motifs is 1. The van der Waals surface area contributed by atoms with Crippen molar-refractivity contribution in [2.24, 2.45) is 0 Å². The lowest BCUT2D eigenvalue weighted by molar-refractivity contribution is 0.706. The molecule has 17 heavy (non-hydrogen) atoms. The van der Waals surface area contributed by atoms with Gasteiger partial charge in [-0.25, -0.2) is 9.97 Å². The number of anilines is 1. The van der Waals surface area contributed by atoms with Crippen molar-refractivity contribution >= 4 is 21.7 Å². The van der Waals surface area contributed by atoms with Gasteiger partial charge in [-0.15, -0.1) is 0 Å². The van der Waals surface area contributed by atoms with Gasteiger partial charge in [0, 0.05) is 29.7 Å². The first-order valence-electron chi connectivity index (χ1n) is 6.35. The zero-order chi connectivity index (χ0) is 12.3. The van der Waals surface area contributed by atoms with E-state index < -0.39 is 0 Å². The smallest absolute Gasteiger partial charge is 0.135 e. The Kier molecular flexibility index (Phi) is 4.37. The summed E-state index contributed by atoms with van der Waals surface area (Å²) in [5.41, 5.74) is 2.64. The lowest BCUT2D eigenvalue weighted by Gasteiger charge is -2.26. The number of alkyl halides is 1. The lowest BCUT2D eigenvalue weighted by Crippen LogP contribution is -2.32. The first-order chi connectivity index (χ1) is 8.24.